The molecule has 0 saturated heterocycles. The van der Waals surface area contributed by atoms with Gasteiger partial charge in [-0.2, -0.15) is 0 Å². The number of thiocarbonyl (C=S) groups is 1. The molecule has 0 aliphatic heterocycles. The smallest absolute Gasteiger partial charge is 0.406 e. The molecule has 3 nitrogen and oxygen atoms in total. The van der Waals surface area contributed by atoms with Gasteiger partial charge in [-0.1, -0.05) is 19.3 Å². The fraction of sp³-hybridized carbons (Fsp3) is 0.562. The van der Waals surface area contributed by atoms with Crippen molar-refractivity contribution in [1.29, 1.82) is 0 Å². The molecule has 1 fully saturated rings. The SMILES string of the molecule is CCN(C(=S)Nc1ccc(OC(F)(F)F)cc1)C1CCCCC1. The zero-order chi connectivity index (χ0) is 16.9. The molecular formula is C16H21F3N2OS. The number of hydrogen-bond acceptors (Lipinski definition) is 2. The van der Waals surface area contributed by atoms with E-state index in [2.05, 4.69) is 21.9 Å². The van der Waals surface area contributed by atoms with Crippen molar-refractivity contribution in [1.82, 2.24) is 4.90 Å². The van der Waals surface area contributed by atoms with Crippen LogP contribution in [0, 0.1) is 0 Å². The Morgan fingerprint density at radius 3 is 2.35 bits per heavy atom. The summed E-state index contributed by atoms with van der Waals surface area (Å²) >= 11 is 5.46. The summed E-state index contributed by atoms with van der Waals surface area (Å²) in [6.07, 6.45) is 1.29. The Bertz CT molecular complexity index is 513. The molecule has 0 amide bonds. The van der Waals surface area contributed by atoms with Gasteiger partial charge in [0.05, 0.1) is 0 Å². The number of hydrogen-bond donors (Lipinski definition) is 1. The Morgan fingerprint density at radius 1 is 1.22 bits per heavy atom. The first-order chi connectivity index (χ1) is 10.9. The molecule has 0 aromatic heterocycles. The van der Waals surface area contributed by atoms with Gasteiger partial charge in [0.1, 0.15) is 5.75 Å². The number of benzene rings is 1. The minimum absolute atomic E-state index is 0.242. The Labute approximate surface area is 139 Å². The van der Waals surface area contributed by atoms with Crippen LogP contribution in [-0.2, 0) is 0 Å². The van der Waals surface area contributed by atoms with Gasteiger partial charge in [-0.15, -0.1) is 13.2 Å². The average Bonchev–Trinajstić information content (AvgIpc) is 2.50. The predicted octanol–water partition coefficient (Wildman–Crippen LogP) is 4.94. The van der Waals surface area contributed by atoms with Gasteiger partial charge < -0.3 is 15.0 Å². The predicted molar refractivity (Wildman–Crippen MR) is 88.6 cm³/mol. The highest BCUT2D eigenvalue weighted by Crippen LogP contribution is 2.25. The van der Waals surface area contributed by atoms with Crippen LogP contribution >= 0.6 is 12.2 Å². The number of ether oxygens (including phenoxy) is 1. The molecule has 0 radical (unpaired) electrons. The molecule has 23 heavy (non-hydrogen) atoms. The van der Waals surface area contributed by atoms with Crippen molar-refractivity contribution in [3.63, 3.8) is 0 Å². The molecule has 2 rings (SSSR count). The quantitative estimate of drug-likeness (QED) is 0.781. The van der Waals surface area contributed by atoms with Crippen molar-refractivity contribution >= 4 is 23.0 Å². The molecule has 0 bridgehead atoms. The van der Waals surface area contributed by atoms with E-state index in [-0.39, 0.29) is 5.75 Å². The fourth-order valence-corrected chi connectivity index (χ4v) is 3.29. The zero-order valence-electron chi connectivity index (χ0n) is 13.0. The van der Waals surface area contributed by atoms with Gasteiger partial charge >= 0.3 is 6.36 Å². The molecular weight excluding hydrogens is 325 g/mol. The van der Waals surface area contributed by atoms with Crippen LogP contribution in [0.2, 0.25) is 0 Å². The van der Waals surface area contributed by atoms with Crippen molar-refractivity contribution in [2.24, 2.45) is 0 Å². The van der Waals surface area contributed by atoms with Crippen molar-refractivity contribution in [2.45, 2.75) is 51.4 Å². The molecule has 1 aromatic rings. The highest BCUT2D eigenvalue weighted by molar-refractivity contribution is 7.80. The lowest BCUT2D eigenvalue weighted by Gasteiger charge is -2.35. The lowest BCUT2D eigenvalue weighted by molar-refractivity contribution is -0.274. The first kappa shape index (κ1) is 17.8. The Kier molecular flexibility index (Phi) is 6.10. The molecule has 128 valence electrons. The summed E-state index contributed by atoms with van der Waals surface area (Å²) < 4.78 is 40.3. The third-order valence-electron chi connectivity index (χ3n) is 3.96. The second-order valence-electron chi connectivity index (χ2n) is 5.58. The van der Waals surface area contributed by atoms with E-state index in [1.165, 1.54) is 43.5 Å². The Morgan fingerprint density at radius 2 is 1.83 bits per heavy atom. The van der Waals surface area contributed by atoms with Crippen molar-refractivity contribution in [2.75, 3.05) is 11.9 Å². The van der Waals surface area contributed by atoms with E-state index < -0.39 is 6.36 Å². The number of alkyl halides is 3. The number of rotatable bonds is 4. The maximum absolute atomic E-state index is 12.1. The van der Waals surface area contributed by atoms with E-state index in [1.807, 2.05) is 0 Å². The number of anilines is 1. The molecule has 0 unspecified atom stereocenters. The van der Waals surface area contributed by atoms with Gasteiger partial charge in [0, 0.05) is 18.3 Å². The minimum Gasteiger partial charge on any atom is -0.406 e. The first-order valence-electron chi connectivity index (χ1n) is 7.82. The van der Waals surface area contributed by atoms with E-state index in [0.29, 0.717) is 16.8 Å². The van der Waals surface area contributed by atoms with Gasteiger partial charge in [-0.25, -0.2) is 0 Å². The first-order valence-corrected chi connectivity index (χ1v) is 8.23. The van der Waals surface area contributed by atoms with Crippen LogP contribution < -0.4 is 10.1 Å². The number of halogens is 3. The van der Waals surface area contributed by atoms with E-state index in [9.17, 15) is 13.2 Å². The van der Waals surface area contributed by atoms with Crippen LogP contribution in [0.1, 0.15) is 39.0 Å². The number of nitrogens with zero attached hydrogens (tertiary/aromatic N) is 1. The lowest BCUT2D eigenvalue weighted by Crippen LogP contribution is -2.43. The van der Waals surface area contributed by atoms with Crippen LogP contribution in [0.4, 0.5) is 18.9 Å². The van der Waals surface area contributed by atoms with E-state index >= 15 is 0 Å². The van der Waals surface area contributed by atoms with Crippen LogP contribution in [0.15, 0.2) is 24.3 Å². The van der Waals surface area contributed by atoms with Crippen LogP contribution in [0.5, 0.6) is 5.75 Å². The number of nitrogens with one attached hydrogen (secondary N) is 1. The summed E-state index contributed by atoms with van der Waals surface area (Å²) in [5.41, 5.74) is 0.652. The van der Waals surface area contributed by atoms with Gasteiger partial charge in [-0.3, -0.25) is 0 Å². The normalized spacial score (nSPS) is 16.0. The van der Waals surface area contributed by atoms with E-state index in [0.717, 1.165) is 19.4 Å². The fourth-order valence-electron chi connectivity index (χ4n) is 2.90. The van der Waals surface area contributed by atoms with Crippen LogP contribution in [0.3, 0.4) is 0 Å². The van der Waals surface area contributed by atoms with Crippen molar-refractivity contribution in [3.05, 3.63) is 24.3 Å². The Hall–Kier alpha value is -1.50. The van der Waals surface area contributed by atoms with Crippen molar-refractivity contribution < 1.29 is 17.9 Å². The summed E-state index contributed by atoms with van der Waals surface area (Å²) in [6, 6.07) is 6.05. The van der Waals surface area contributed by atoms with Gasteiger partial charge in [-0.05, 0) is 56.2 Å². The summed E-state index contributed by atoms with van der Waals surface area (Å²) in [7, 11) is 0. The highest BCUT2D eigenvalue weighted by Gasteiger charge is 2.31. The van der Waals surface area contributed by atoms with E-state index in [1.54, 1.807) is 0 Å². The third-order valence-corrected chi connectivity index (χ3v) is 4.29. The largest absolute Gasteiger partial charge is 0.573 e. The third kappa shape index (κ3) is 5.57. The topological polar surface area (TPSA) is 24.5 Å². The van der Waals surface area contributed by atoms with Gasteiger partial charge in [0.15, 0.2) is 5.11 Å². The monoisotopic (exact) mass is 346 g/mol. The lowest BCUT2D eigenvalue weighted by atomic mass is 9.94. The summed E-state index contributed by atoms with van der Waals surface area (Å²) in [5.74, 6) is -0.242. The average molecular weight is 346 g/mol. The second-order valence-corrected chi connectivity index (χ2v) is 5.97. The van der Waals surface area contributed by atoms with E-state index in [4.69, 9.17) is 12.2 Å². The highest BCUT2D eigenvalue weighted by atomic mass is 32.1. The molecule has 0 atom stereocenters. The zero-order valence-corrected chi connectivity index (χ0v) is 13.8. The summed E-state index contributed by atoms with van der Waals surface area (Å²) in [6.45, 7) is 2.87. The molecule has 1 N–H and O–H groups in total. The molecule has 7 heteroatoms. The minimum atomic E-state index is -4.68. The maximum atomic E-state index is 12.1. The standard InChI is InChI=1S/C16H21F3N2OS/c1-2-21(13-6-4-3-5-7-13)15(23)20-12-8-10-14(11-9-12)22-16(17,18)19/h8-11,13H,2-7H2,1H3,(H,20,23). The van der Waals surface area contributed by atoms with Gasteiger partial charge in [0.25, 0.3) is 0 Å². The Balaban J connectivity index is 1.95. The van der Waals surface area contributed by atoms with Crippen LogP contribution in [-0.4, -0.2) is 29.0 Å². The molecule has 0 heterocycles. The molecule has 1 aliphatic carbocycles. The summed E-state index contributed by atoms with van der Waals surface area (Å²) in [4.78, 5) is 2.16. The van der Waals surface area contributed by atoms with Crippen molar-refractivity contribution in [3.8, 4) is 5.75 Å². The molecule has 0 spiro atoms. The molecule has 1 saturated carbocycles. The molecule has 1 aromatic carbocycles. The van der Waals surface area contributed by atoms with Crippen LogP contribution in [0.25, 0.3) is 0 Å². The maximum Gasteiger partial charge on any atom is 0.573 e. The summed E-state index contributed by atoms with van der Waals surface area (Å²) in [5, 5.41) is 3.72. The second kappa shape index (κ2) is 7.86. The van der Waals surface area contributed by atoms with Gasteiger partial charge in [0.2, 0.25) is 0 Å². The molecule has 1 aliphatic rings.